The van der Waals surface area contributed by atoms with Crippen molar-refractivity contribution in [3.05, 3.63) is 0 Å². The molecule has 2 rings (SSSR count). The lowest BCUT2D eigenvalue weighted by atomic mass is 10.0. The molecule has 0 spiro atoms. The van der Waals surface area contributed by atoms with E-state index in [0.29, 0.717) is 19.0 Å². The van der Waals surface area contributed by atoms with Crippen molar-refractivity contribution >= 4 is 21.8 Å². The minimum Gasteiger partial charge on any atom is -0.195 e. The quantitative estimate of drug-likeness (QED) is 0.749. The fourth-order valence-corrected chi connectivity index (χ4v) is 5.83. The van der Waals surface area contributed by atoms with E-state index in [-0.39, 0.29) is 12.1 Å². The average molecular weight is 309 g/mol. The third-order valence-electron chi connectivity index (χ3n) is 4.39. The standard InChI is InChI=1S/C13H25ClN2O2S/c1-2-12-7-3-5-9-15(12)19(17,18)16-10-6-4-8-13(16)11-14/h12-13H,2-11H2,1H3. The molecule has 19 heavy (non-hydrogen) atoms. The molecule has 2 fully saturated rings. The lowest BCUT2D eigenvalue weighted by molar-refractivity contribution is 0.200. The zero-order chi connectivity index (χ0) is 13.9. The van der Waals surface area contributed by atoms with Crippen molar-refractivity contribution in [3.8, 4) is 0 Å². The van der Waals surface area contributed by atoms with Crippen LogP contribution in [0.4, 0.5) is 0 Å². The summed E-state index contributed by atoms with van der Waals surface area (Å²) in [4.78, 5) is 0. The molecule has 0 saturated carbocycles. The number of nitrogens with zero attached hydrogens (tertiary/aromatic N) is 2. The molecule has 0 bridgehead atoms. The minimum atomic E-state index is -3.33. The molecule has 2 atom stereocenters. The molecule has 112 valence electrons. The van der Waals surface area contributed by atoms with Crippen LogP contribution in [0, 0.1) is 0 Å². The first-order chi connectivity index (χ1) is 9.11. The summed E-state index contributed by atoms with van der Waals surface area (Å²) in [5.74, 6) is 0.407. The monoisotopic (exact) mass is 308 g/mol. The van der Waals surface area contributed by atoms with Gasteiger partial charge in [-0.15, -0.1) is 11.6 Å². The van der Waals surface area contributed by atoms with Crippen LogP contribution in [0.3, 0.4) is 0 Å². The van der Waals surface area contributed by atoms with Crippen LogP contribution in [0.25, 0.3) is 0 Å². The van der Waals surface area contributed by atoms with Gasteiger partial charge in [0, 0.05) is 31.1 Å². The highest BCUT2D eigenvalue weighted by Gasteiger charge is 2.39. The van der Waals surface area contributed by atoms with Crippen LogP contribution in [0.1, 0.15) is 51.9 Å². The highest BCUT2D eigenvalue weighted by atomic mass is 35.5. The van der Waals surface area contributed by atoms with E-state index in [1.807, 2.05) is 0 Å². The van der Waals surface area contributed by atoms with E-state index in [4.69, 9.17) is 11.6 Å². The van der Waals surface area contributed by atoms with Crippen LogP contribution >= 0.6 is 11.6 Å². The summed E-state index contributed by atoms with van der Waals surface area (Å²) < 4.78 is 29.1. The summed E-state index contributed by atoms with van der Waals surface area (Å²) in [5.41, 5.74) is 0. The first-order valence-corrected chi connectivity index (χ1v) is 9.39. The van der Waals surface area contributed by atoms with E-state index in [2.05, 4.69) is 6.92 Å². The zero-order valence-electron chi connectivity index (χ0n) is 11.7. The minimum absolute atomic E-state index is 0.0140. The SMILES string of the molecule is CCC1CCCCN1S(=O)(=O)N1CCCCC1CCl. The van der Waals surface area contributed by atoms with E-state index < -0.39 is 10.2 Å². The second-order valence-electron chi connectivity index (χ2n) is 5.59. The molecule has 0 amide bonds. The van der Waals surface area contributed by atoms with Gasteiger partial charge in [-0.3, -0.25) is 0 Å². The first kappa shape index (κ1) is 15.5. The van der Waals surface area contributed by atoms with Crippen LogP contribution in [0.15, 0.2) is 0 Å². The number of alkyl halides is 1. The second kappa shape index (κ2) is 6.74. The van der Waals surface area contributed by atoms with E-state index in [1.165, 1.54) is 0 Å². The van der Waals surface area contributed by atoms with Crippen molar-refractivity contribution in [2.24, 2.45) is 0 Å². The molecule has 2 unspecified atom stereocenters. The Kier molecular flexibility index (Phi) is 5.52. The normalized spacial score (nSPS) is 31.5. The summed E-state index contributed by atoms with van der Waals surface area (Å²) in [6.45, 7) is 3.38. The van der Waals surface area contributed by atoms with Crippen molar-refractivity contribution < 1.29 is 8.42 Å². The average Bonchev–Trinajstić information content (AvgIpc) is 2.47. The first-order valence-electron chi connectivity index (χ1n) is 7.45. The number of rotatable bonds is 4. The van der Waals surface area contributed by atoms with Crippen LogP contribution in [-0.4, -0.2) is 48.1 Å². The van der Waals surface area contributed by atoms with Crippen molar-refractivity contribution in [1.82, 2.24) is 8.61 Å². The number of piperidine rings is 2. The Labute approximate surface area is 122 Å². The Morgan fingerprint density at radius 1 is 1.00 bits per heavy atom. The molecule has 2 heterocycles. The van der Waals surface area contributed by atoms with Gasteiger partial charge in [-0.1, -0.05) is 19.8 Å². The van der Waals surface area contributed by atoms with Gasteiger partial charge in [0.15, 0.2) is 0 Å². The van der Waals surface area contributed by atoms with E-state index in [0.717, 1.165) is 44.9 Å². The van der Waals surface area contributed by atoms with E-state index in [9.17, 15) is 8.42 Å². The second-order valence-corrected chi connectivity index (χ2v) is 7.73. The molecular weight excluding hydrogens is 284 g/mol. The van der Waals surface area contributed by atoms with Crippen LogP contribution in [0.2, 0.25) is 0 Å². The third-order valence-corrected chi connectivity index (χ3v) is 6.89. The molecule has 0 aliphatic carbocycles. The summed E-state index contributed by atoms with van der Waals surface area (Å²) in [6.07, 6.45) is 6.96. The Morgan fingerprint density at radius 2 is 1.53 bits per heavy atom. The summed E-state index contributed by atoms with van der Waals surface area (Å²) in [6, 6.07) is 0.163. The molecular formula is C13H25ClN2O2S. The molecule has 0 aromatic carbocycles. The van der Waals surface area contributed by atoms with Crippen LogP contribution in [0.5, 0.6) is 0 Å². The van der Waals surface area contributed by atoms with Crippen LogP contribution in [-0.2, 0) is 10.2 Å². The van der Waals surface area contributed by atoms with Gasteiger partial charge in [0.2, 0.25) is 0 Å². The number of halogens is 1. The Morgan fingerprint density at radius 3 is 2.05 bits per heavy atom. The molecule has 0 N–H and O–H groups in total. The molecule has 2 aliphatic heterocycles. The van der Waals surface area contributed by atoms with Gasteiger partial charge in [0.05, 0.1) is 0 Å². The number of hydrogen-bond acceptors (Lipinski definition) is 2. The molecule has 2 saturated heterocycles. The van der Waals surface area contributed by atoms with Gasteiger partial charge in [0.1, 0.15) is 0 Å². The van der Waals surface area contributed by atoms with Gasteiger partial charge in [-0.25, -0.2) is 0 Å². The molecule has 4 nitrogen and oxygen atoms in total. The van der Waals surface area contributed by atoms with Gasteiger partial charge >= 0.3 is 0 Å². The highest BCUT2D eigenvalue weighted by molar-refractivity contribution is 7.86. The van der Waals surface area contributed by atoms with Crippen molar-refractivity contribution in [1.29, 1.82) is 0 Å². The predicted octanol–water partition coefficient (Wildman–Crippen LogP) is 2.59. The Bertz CT molecular complexity index is 358. The summed E-state index contributed by atoms with van der Waals surface area (Å²) in [7, 11) is -3.33. The molecule has 6 heteroatoms. The fourth-order valence-electron chi connectivity index (χ4n) is 3.25. The number of hydrogen-bond donors (Lipinski definition) is 0. The van der Waals surface area contributed by atoms with Gasteiger partial charge in [-0.2, -0.15) is 17.0 Å². The molecule has 2 aliphatic rings. The molecule has 0 radical (unpaired) electrons. The Balaban J connectivity index is 2.19. The van der Waals surface area contributed by atoms with Crippen molar-refractivity contribution in [2.75, 3.05) is 19.0 Å². The van der Waals surface area contributed by atoms with Crippen molar-refractivity contribution in [3.63, 3.8) is 0 Å². The van der Waals surface area contributed by atoms with Gasteiger partial charge < -0.3 is 0 Å². The lowest BCUT2D eigenvalue weighted by Crippen LogP contribution is -2.55. The maximum atomic E-state index is 12.9. The fraction of sp³-hybridized carbons (Fsp3) is 1.00. The maximum absolute atomic E-state index is 12.9. The van der Waals surface area contributed by atoms with Gasteiger partial charge in [-0.05, 0) is 32.1 Å². The van der Waals surface area contributed by atoms with Crippen LogP contribution < -0.4 is 0 Å². The van der Waals surface area contributed by atoms with E-state index in [1.54, 1.807) is 8.61 Å². The smallest absolute Gasteiger partial charge is 0.195 e. The van der Waals surface area contributed by atoms with Gasteiger partial charge in [0.25, 0.3) is 10.2 Å². The third kappa shape index (κ3) is 3.26. The Hall–Kier alpha value is 0.160. The highest BCUT2D eigenvalue weighted by Crippen LogP contribution is 2.29. The predicted molar refractivity (Wildman–Crippen MR) is 78.6 cm³/mol. The van der Waals surface area contributed by atoms with Crippen molar-refractivity contribution in [2.45, 2.75) is 64.0 Å². The molecule has 0 aromatic heterocycles. The zero-order valence-corrected chi connectivity index (χ0v) is 13.3. The topological polar surface area (TPSA) is 40.6 Å². The summed E-state index contributed by atoms with van der Waals surface area (Å²) in [5, 5.41) is 0. The molecule has 0 aromatic rings. The summed E-state index contributed by atoms with van der Waals surface area (Å²) >= 11 is 5.97. The maximum Gasteiger partial charge on any atom is 0.282 e. The van der Waals surface area contributed by atoms with E-state index >= 15 is 0 Å². The lowest BCUT2D eigenvalue weighted by Gasteiger charge is -2.41. The largest absolute Gasteiger partial charge is 0.282 e.